The highest BCUT2D eigenvalue weighted by Crippen LogP contribution is 2.33. The lowest BCUT2D eigenvalue weighted by atomic mass is 9.95. The third kappa shape index (κ3) is 7.42. The number of benzene rings is 2. The molecule has 1 N–H and O–H groups in total. The van der Waals surface area contributed by atoms with Crippen molar-refractivity contribution in [1.29, 1.82) is 0 Å². The van der Waals surface area contributed by atoms with Crippen LogP contribution in [0.4, 0.5) is 4.39 Å². The van der Waals surface area contributed by atoms with E-state index in [1.165, 1.54) is 24.4 Å². The molecule has 218 valence electrons. The standard InChI is InChI=1S/C30H39FN2O6S/c1-22(24-11-15-37-16-12-24)39-26-9-10-28(29(31)19-26)30-17-23(20-32-2)21-33(30)40(34,35)27-8-6-7-25(18-27)38-14-5-4-13-36-3/h6-10,17-19,21-22,24,32H,4-5,11-16,20H2,1-3H3. The Morgan fingerprint density at radius 3 is 2.58 bits per heavy atom. The van der Waals surface area contributed by atoms with Crippen molar-refractivity contribution in [1.82, 2.24) is 9.29 Å². The first-order chi connectivity index (χ1) is 19.3. The molecule has 0 aliphatic carbocycles. The Kier molecular flexibility index (Phi) is 10.6. The first-order valence-electron chi connectivity index (χ1n) is 13.7. The second kappa shape index (κ2) is 14.1. The fraction of sp³-hybridized carbons (Fsp3) is 0.467. The van der Waals surface area contributed by atoms with E-state index in [2.05, 4.69) is 5.32 Å². The van der Waals surface area contributed by atoms with E-state index in [0.717, 1.165) is 29.7 Å². The smallest absolute Gasteiger partial charge is 0.268 e. The average Bonchev–Trinajstić information content (AvgIpc) is 3.38. The Morgan fingerprint density at radius 1 is 1.07 bits per heavy atom. The maximum absolute atomic E-state index is 15.5. The summed E-state index contributed by atoms with van der Waals surface area (Å²) in [6.07, 6.45) is 4.88. The van der Waals surface area contributed by atoms with Crippen LogP contribution in [0, 0.1) is 11.7 Å². The Morgan fingerprint density at radius 2 is 1.85 bits per heavy atom. The fourth-order valence-corrected chi connectivity index (χ4v) is 6.27. The summed E-state index contributed by atoms with van der Waals surface area (Å²) in [5.41, 5.74) is 1.11. The van der Waals surface area contributed by atoms with E-state index in [1.54, 1.807) is 44.5 Å². The van der Waals surface area contributed by atoms with E-state index < -0.39 is 15.8 Å². The maximum Gasteiger partial charge on any atom is 0.268 e. The summed E-state index contributed by atoms with van der Waals surface area (Å²) in [5.74, 6) is 0.643. The summed E-state index contributed by atoms with van der Waals surface area (Å²) in [5, 5.41) is 3.03. The minimum absolute atomic E-state index is 0.0559. The molecule has 3 aromatic rings. The summed E-state index contributed by atoms with van der Waals surface area (Å²) in [6.45, 7) is 4.90. The summed E-state index contributed by atoms with van der Waals surface area (Å²) >= 11 is 0. The highest BCUT2D eigenvalue weighted by atomic mass is 32.2. The van der Waals surface area contributed by atoms with Gasteiger partial charge in [-0.3, -0.25) is 0 Å². The Hall–Kier alpha value is -2.92. The summed E-state index contributed by atoms with van der Waals surface area (Å²) < 4.78 is 66.6. The van der Waals surface area contributed by atoms with E-state index >= 15 is 4.39 Å². The second-order valence-electron chi connectivity index (χ2n) is 10.0. The molecule has 0 saturated carbocycles. The van der Waals surface area contributed by atoms with E-state index in [4.69, 9.17) is 18.9 Å². The molecule has 1 unspecified atom stereocenters. The van der Waals surface area contributed by atoms with Gasteiger partial charge in [0.25, 0.3) is 10.0 Å². The lowest BCUT2D eigenvalue weighted by Crippen LogP contribution is -2.29. The molecule has 0 spiro atoms. The molecule has 1 aromatic heterocycles. The Balaban J connectivity index is 1.59. The SMILES string of the molecule is CNCc1cc(-c2ccc(OC(C)C3CCOCC3)cc2F)n(S(=O)(=O)c2cccc(OCCCCOC)c2)c1. The zero-order valence-electron chi connectivity index (χ0n) is 23.4. The van der Waals surface area contributed by atoms with Crippen molar-refractivity contribution in [2.75, 3.05) is 40.6 Å². The minimum Gasteiger partial charge on any atom is -0.494 e. The summed E-state index contributed by atoms with van der Waals surface area (Å²) in [4.78, 5) is 0.0559. The van der Waals surface area contributed by atoms with E-state index in [1.807, 2.05) is 6.92 Å². The molecule has 1 saturated heterocycles. The van der Waals surface area contributed by atoms with Gasteiger partial charge < -0.3 is 24.3 Å². The van der Waals surface area contributed by atoms with Crippen LogP contribution in [-0.2, 0) is 26.0 Å². The van der Waals surface area contributed by atoms with Crippen molar-refractivity contribution < 1.29 is 31.8 Å². The lowest BCUT2D eigenvalue weighted by Gasteiger charge is -2.28. The maximum atomic E-state index is 15.5. The first kappa shape index (κ1) is 30.0. The summed E-state index contributed by atoms with van der Waals surface area (Å²) in [6, 6.07) is 12.6. The van der Waals surface area contributed by atoms with Gasteiger partial charge in [0, 0.05) is 57.4 Å². The number of halogens is 1. The van der Waals surface area contributed by atoms with Gasteiger partial charge in [-0.1, -0.05) is 6.07 Å². The predicted molar refractivity (Wildman–Crippen MR) is 152 cm³/mol. The molecule has 1 fully saturated rings. The molecule has 2 aromatic carbocycles. The molecule has 10 heteroatoms. The first-order valence-corrected chi connectivity index (χ1v) is 15.1. The van der Waals surface area contributed by atoms with Gasteiger partial charge in [-0.05, 0) is 81.5 Å². The topological polar surface area (TPSA) is 88.0 Å². The molecule has 1 aliphatic heterocycles. The largest absolute Gasteiger partial charge is 0.494 e. The number of nitrogens with zero attached hydrogens (tertiary/aromatic N) is 1. The molecule has 4 rings (SSSR count). The van der Waals surface area contributed by atoms with Crippen LogP contribution in [0.5, 0.6) is 11.5 Å². The van der Waals surface area contributed by atoms with Gasteiger partial charge in [0.15, 0.2) is 0 Å². The van der Waals surface area contributed by atoms with Gasteiger partial charge in [-0.25, -0.2) is 16.8 Å². The number of unbranched alkanes of at least 4 members (excludes halogenated alkanes) is 1. The van der Waals surface area contributed by atoms with Crippen LogP contribution in [0.2, 0.25) is 0 Å². The van der Waals surface area contributed by atoms with Crippen LogP contribution in [0.1, 0.15) is 38.2 Å². The molecular formula is C30H39FN2O6S. The molecule has 8 nitrogen and oxygen atoms in total. The van der Waals surface area contributed by atoms with Crippen molar-refractivity contribution in [2.45, 2.75) is 50.2 Å². The van der Waals surface area contributed by atoms with Crippen molar-refractivity contribution in [2.24, 2.45) is 5.92 Å². The van der Waals surface area contributed by atoms with E-state index in [9.17, 15) is 8.42 Å². The van der Waals surface area contributed by atoms with Gasteiger partial charge in [-0.15, -0.1) is 0 Å². The van der Waals surface area contributed by atoms with Gasteiger partial charge in [0.2, 0.25) is 0 Å². The quantitative estimate of drug-likeness (QED) is 0.263. The third-order valence-electron chi connectivity index (χ3n) is 7.07. The number of hydrogen-bond acceptors (Lipinski definition) is 7. The van der Waals surface area contributed by atoms with Crippen LogP contribution in [0.15, 0.2) is 59.6 Å². The number of ether oxygens (including phenoxy) is 4. The van der Waals surface area contributed by atoms with Crippen LogP contribution in [-0.4, -0.2) is 59.1 Å². The molecule has 1 atom stereocenters. The lowest BCUT2D eigenvalue weighted by molar-refractivity contribution is 0.0238. The normalized spacial score (nSPS) is 15.2. The second-order valence-corrected chi connectivity index (χ2v) is 11.8. The highest BCUT2D eigenvalue weighted by molar-refractivity contribution is 7.90. The van der Waals surface area contributed by atoms with E-state index in [0.29, 0.717) is 56.0 Å². The minimum atomic E-state index is -4.06. The average molecular weight is 575 g/mol. The number of hydrogen-bond donors (Lipinski definition) is 1. The number of rotatable bonds is 14. The Bertz CT molecular complexity index is 1350. The zero-order chi connectivity index (χ0) is 28.5. The van der Waals surface area contributed by atoms with Crippen LogP contribution in [0.25, 0.3) is 11.3 Å². The molecule has 0 amide bonds. The zero-order valence-corrected chi connectivity index (χ0v) is 24.2. The van der Waals surface area contributed by atoms with Gasteiger partial charge >= 0.3 is 0 Å². The predicted octanol–water partition coefficient (Wildman–Crippen LogP) is 5.25. The highest BCUT2D eigenvalue weighted by Gasteiger charge is 2.25. The number of nitrogens with one attached hydrogen (secondary N) is 1. The monoisotopic (exact) mass is 574 g/mol. The van der Waals surface area contributed by atoms with Gasteiger partial charge in [0.05, 0.1) is 23.3 Å². The molecule has 0 radical (unpaired) electrons. The molecule has 2 heterocycles. The molecular weight excluding hydrogens is 535 g/mol. The van der Waals surface area contributed by atoms with Crippen molar-refractivity contribution in [3.63, 3.8) is 0 Å². The Labute approximate surface area is 236 Å². The van der Waals surface area contributed by atoms with Crippen LogP contribution < -0.4 is 14.8 Å². The van der Waals surface area contributed by atoms with Crippen molar-refractivity contribution >= 4 is 10.0 Å². The van der Waals surface area contributed by atoms with Crippen LogP contribution >= 0.6 is 0 Å². The number of aromatic nitrogens is 1. The van der Waals surface area contributed by atoms with Gasteiger partial charge in [0.1, 0.15) is 17.3 Å². The van der Waals surface area contributed by atoms with Crippen molar-refractivity contribution in [3.8, 4) is 22.8 Å². The van der Waals surface area contributed by atoms with Crippen LogP contribution in [0.3, 0.4) is 0 Å². The molecule has 0 bridgehead atoms. The van der Waals surface area contributed by atoms with Crippen molar-refractivity contribution in [3.05, 3.63) is 66.1 Å². The molecule has 40 heavy (non-hydrogen) atoms. The van der Waals surface area contributed by atoms with Gasteiger partial charge in [-0.2, -0.15) is 0 Å². The third-order valence-corrected chi connectivity index (χ3v) is 8.74. The summed E-state index contributed by atoms with van der Waals surface area (Å²) in [7, 11) is -0.641. The van der Waals surface area contributed by atoms with E-state index in [-0.39, 0.29) is 22.3 Å². The number of methoxy groups -OCH3 is 1. The molecule has 1 aliphatic rings. The fourth-order valence-electron chi connectivity index (χ4n) is 4.84.